The lowest BCUT2D eigenvalue weighted by molar-refractivity contribution is -0.123. The molecule has 0 bridgehead atoms. The van der Waals surface area contributed by atoms with E-state index < -0.39 is 13.4 Å². The summed E-state index contributed by atoms with van der Waals surface area (Å²) in [5.74, 6) is 1.70. The molecule has 0 aliphatic heterocycles. The van der Waals surface area contributed by atoms with Crippen molar-refractivity contribution in [1.29, 1.82) is 0 Å². The van der Waals surface area contributed by atoms with Crippen LogP contribution in [0.3, 0.4) is 0 Å². The maximum Gasteiger partial charge on any atom is 0.548 e. The third-order valence-electron chi connectivity index (χ3n) is 7.30. The number of rotatable bonds is 2. The lowest BCUT2D eigenvalue weighted by Gasteiger charge is -2.49. The molecule has 2 N–H and O–H groups in total. The predicted molar refractivity (Wildman–Crippen MR) is 113 cm³/mol. The number of amides is 1. The van der Waals surface area contributed by atoms with Gasteiger partial charge in [0, 0.05) is 11.5 Å². The van der Waals surface area contributed by atoms with E-state index in [1.54, 1.807) is 0 Å². The van der Waals surface area contributed by atoms with Crippen molar-refractivity contribution in [2.45, 2.75) is 65.7 Å². The molecule has 1 fully saturated rings. The molecule has 5 heteroatoms. The molecule has 3 aliphatic rings. The van der Waals surface area contributed by atoms with E-state index in [0.29, 0.717) is 34.2 Å². The highest BCUT2D eigenvalue weighted by Crippen LogP contribution is 2.58. The molecule has 5 atom stereocenters. The summed E-state index contributed by atoms with van der Waals surface area (Å²) in [6.45, 7) is 7.96. The highest BCUT2D eigenvalue weighted by molar-refractivity contribution is 7.47. The van der Waals surface area contributed by atoms with Gasteiger partial charge in [-0.2, -0.15) is 4.89 Å². The number of fused-ring (bicyclic) bond motifs is 5. The Bertz CT molecular complexity index is 869. The number of allylic oxidation sites excluding steroid dienone is 2. The topological polar surface area (TPSA) is 66.4 Å². The van der Waals surface area contributed by atoms with Gasteiger partial charge >= 0.3 is 8.03 Å². The number of aryl methyl sites for hydroxylation is 1. The van der Waals surface area contributed by atoms with Crippen LogP contribution >= 0.6 is 8.03 Å². The molecule has 150 valence electrons. The van der Waals surface area contributed by atoms with Gasteiger partial charge in [0.2, 0.25) is 11.2 Å². The fourth-order valence-corrected chi connectivity index (χ4v) is 6.25. The number of anilines is 1. The molecule has 1 saturated carbocycles. The second-order valence-corrected chi connectivity index (χ2v) is 11.2. The zero-order chi connectivity index (χ0) is 20.3. The Balaban J connectivity index is 1.72. The first-order valence-corrected chi connectivity index (χ1v) is 11.6. The SMILES string of the molecule is CC(C)(C)C(=O)Nc1cc2c(cc1[P+](=O)O)CCC1C2CC[C@]2(C)C=CCC12. The predicted octanol–water partition coefficient (Wildman–Crippen LogP) is 5.05. The van der Waals surface area contributed by atoms with Gasteiger partial charge in [-0.25, -0.2) is 0 Å². The summed E-state index contributed by atoms with van der Waals surface area (Å²) >= 11 is 0. The summed E-state index contributed by atoms with van der Waals surface area (Å²) < 4.78 is 12.0. The Morgan fingerprint density at radius 2 is 2.04 bits per heavy atom. The standard InChI is InChI=1S/C23H30NO3P/c1-22(2,3)21(25)24-19-13-17-14(12-20(19)28(26)27)7-8-16-15(17)9-11-23(4)10-5-6-18(16)23/h5,10,12-13,15-16,18H,6-9,11H2,1-4H3,(H-,24,25,26,27)/p+1/t15?,16?,18?,23-/m0/s1. The van der Waals surface area contributed by atoms with Crippen molar-refractivity contribution >= 4 is 24.9 Å². The number of nitrogens with one attached hydrogen (secondary N) is 1. The monoisotopic (exact) mass is 400 g/mol. The van der Waals surface area contributed by atoms with E-state index in [2.05, 4.69) is 24.4 Å². The van der Waals surface area contributed by atoms with Crippen LogP contribution in [0.1, 0.15) is 70.4 Å². The quantitative estimate of drug-likeness (QED) is 0.539. The molecule has 1 aromatic rings. The third-order valence-corrected chi connectivity index (χ3v) is 8.08. The average Bonchev–Trinajstić information content (AvgIpc) is 3.01. The molecule has 4 unspecified atom stereocenters. The van der Waals surface area contributed by atoms with Crippen LogP contribution in [0.15, 0.2) is 24.3 Å². The molecule has 1 amide bonds. The van der Waals surface area contributed by atoms with E-state index in [1.807, 2.05) is 32.9 Å². The number of benzene rings is 1. The minimum atomic E-state index is -2.51. The molecule has 1 aromatic carbocycles. The third kappa shape index (κ3) is 3.25. The molecule has 0 radical (unpaired) electrons. The van der Waals surface area contributed by atoms with Gasteiger partial charge in [-0.15, -0.1) is 0 Å². The molecular formula is C23H31NO3P+. The van der Waals surface area contributed by atoms with E-state index in [1.165, 1.54) is 24.0 Å². The van der Waals surface area contributed by atoms with Crippen molar-refractivity contribution in [3.05, 3.63) is 35.4 Å². The first-order chi connectivity index (χ1) is 13.1. The second kappa shape index (κ2) is 6.78. The van der Waals surface area contributed by atoms with Crippen LogP contribution < -0.4 is 10.6 Å². The van der Waals surface area contributed by atoms with Crippen molar-refractivity contribution in [3.63, 3.8) is 0 Å². The summed E-state index contributed by atoms with van der Waals surface area (Å²) in [5.41, 5.74) is 2.77. The van der Waals surface area contributed by atoms with E-state index in [-0.39, 0.29) is 5.91 Å². The van der Waals surface area contributed by atoms with E-state index in [4.69, 9.17) is 0 Å². The van der Waals surface area contributed by atoms with Crippen molar-refractivity contribution in [3.8, 4) is 0 Å². The van der Waals surface area contributed by atoms with Crippen LogP contribution in [-0.4, -0.2) is 10.8 Å². The lowest BCUT2D eigenvalue weighted by atomic mass is 9.56. The highest BCUT2D eigenvalue weighted by atomic mass is 31.1. The zero-order valence-electron chi connectivity index (χ0n) is 17.3. The Kier molecular flexibility index (Phi) is 4.79. The maximum atomic E-state index is 12.6. The number of hydrogen-bond acceptors (Lipinski definition) is 2. The summed E-state index contributed by atoms with van der Waals surface area (Å²) in [7, 11) is -2.51. The largest absolute Gasteiger partial charge is 0.548 e. The van der Waals surface area contributed by atoms with Crippen LogP contribution in [0.2, 0.25) is 0 Å². The summed E-state index contributed by atoms with van der Waals surface area (Å²) in [6, 6.07) is 3.89. The molecular weight excluding hydrogens is 369 g/mol. The molecule has 0 spiro atoms. The van der Waals surface area contributed by atoms with Crippen molar-refractivity contribution < 1.29 is 14.3 Å². The van der Waals surface area contributed by atoms with Gasteiger partial charge in [-0.3, -0.25) is 4.79 Å². The van der Waals surface area contributed by atoms with Gasteiger partial charge in [0.15, 0.2) is 0 Å². The van der Waals surface area contributed by atoms with E-state index >= 15 is 0 Å². The number of hydrogen-bond donors (Lipinski definition) is 2. The molecule has 0 aromatic heterocycles. The average molecular weight is 400 g/mol. The second-order valence-electron chi connectivity index (χ2n) is 10.1. The molecule has 3 aliphatic carbocycles. The van der Waals surface area contributed by atoms with Crippen molar-refractivity contribution in [2.75, 3.05) is 5.32 Å². The van der Waals surface area contributed by atoms with Crippen LogP contribution in [0.4, 0.5) is 5.69 Å². The van der Waals surface area contributed by atoms with Crippen molar-refractivity contribution in [1.82, 2.24) is 0 Å². The zero-order valence-corrected chi connectivity index (χ0v) is 18.2. The van der Waals surface area contributed by atoms with Gasteiger partial charge in [-0.1, -0.05) is 39.8 Å². The molecule has 4 nitrogen and oxygen atoms in total. The minimum Gasteiger partial charge on any atom is -0.322 e. The Labute approximate surface area is 168 Å². The number of carbonyl (C=O) groups is 1. The fourth-order valence-electron chi connectivity index (χ4n) is 5.66. The van der Waals surface area contributed by atoms with Gasteiger partial charge in [-0.05, 0) is 77.0 Å². The van der Waals surface area contributed by atoms with Crippen molar-refractivity contribution in [2.24, 2.45) is 22.7 Å². The fraction of sp³-hybridized carbons (Fsp3) is 0.609. The van der Waals surface area contributed by atoms with Crippen LogP contribution in [0.5, 0.6) is 0 Å². The summed E-state index contributed by atoms with van der Waals surface area (Å²) in [5, 5.41) is 3.29. The summed E-state index contributed by atoms with van der Waals surface area (Å²) in [4.78, 5) is 22.4. The van der Waals surface area contributed by atoms with E-state index in [0.717, 1.165) is 19.3 Å². The Hall–Kier alpha value is -1.51. The molecule has 0 saturated heterocycles. The van der Waals surface area contributed by atoms with Gasteiger partial charge in [0.05, 0.1) is 5.69 Å². The smallest absolute Gasteiger partial charge is 0.322 e. The van der Waals surface area contributed by atoms with Gasteiger partial charge in [0.25, 0.3) is 0 Å². The minimum absolute atomic E-state index is 0.130. The molecule has 4 rings (SSSR count). The van der Waals surface area contributed by atoms with Gasteiger partial charge in [0.1, 0.15) is 0 Å². The first-order valence-electron chi connectivity index (χ1n) is 10.4. The van der Waals surface area contributed by atoms with E-state index in [9.17, 15) is 14.3 Å². The molecule has 0 heterocycles. The first kappa shape index (κ1) is 19.8. The van der Waals surface area contributed by atoms with Crippen LogP contribution in [0, 0.1) is 22.7 Å². The summed E-state index contributed by atoms with van der Waals surface area (Å²) in [6.07, 6.45) is 10.4. The normalized spacial score (nSPS) is 31.6. The van der Waals surface area contributed by atoms with Crippen LogP contribution in [0.25, 0.3) is 0 Å². The van der Waals surface area contributed by atoms with Crippen LogP contribution in [-0.2, 0) is 15.8 Å². The number of carbonyl (C=O) groups excluding carboxylic acids is 1. The lowest BCUT2D eigenvalue weighted by Crippen LogP contribution is -2.40. The van der Waals surface area contributed by atoms with Gasteiger partial charge < -0.3 is 5.32 Å². The Morgan fingerprint density at radius 1 is 1.29 bits per heavy atom. The Morgan fingerprint density at radius 3 is 2.71 bits per heavy atom. The molecule has 28 heavy (non-hydrogen) atoms. The highest BCUT2D eigenvalue weighted by Gasteiger charge is 2.48. The maximum absolute atomic E-state index is 12.6.